The molecule has 1 heterocycles. The van der Waals surface area contributed by atoms with Gasteiger partial charge in [-0.1, -0.05) is 0 Å². The van der Waals surface area contributed by atoms with Gasteiger partial charge in [-0.3, -0.25) is 10.0 Å². The van der Waals surface area contributed by atoms with E-state index < -0.39 is 17.5 Å². The zero-order valence-electron chi connectivity index (χ0n) is 17.6. The van der Waals surface area contributed by atoms with E-state index in [2.05, 4.69) is 26.2 Å². The zero-order chi connectivity index (χ0) is 24.0. The molecule has 9 nitrogen and oxygen atoms in total. The number of Topliss-reactive ketones (excluding diaryl/α,β-unsaturated/α-hetero) is 1. The van der Waals surface area contributed by atoms with Crippen LogP contribution in [0.3, 0.4) is 0 Å². The Balaban J connectivity index is 1.60. The fourth-order valence-electron chi connectivity index (χ4n) is 3.42. The van der Waals surface area contributed by atoms with E-state index in [4.69, 9.17) is 10.00 Å². The van der Waals surface area contributed by atoms with Crippen molar-refractivity contribution in [2.45, 2.75) is 12.8 Å². The third kappa shape index (κ3) is 5.85. The normalized spacial score (nSPS) is 14.4. The summed E-state index contributed by atoms with van der Waals surface area (Å²) in [6, 6.07) is 10.4. The summed E-state index contributed by atoms with van der Waals surface area (Å²) < 4.78 is 18.7. The van der Waals surface area contributed by atoms with E-state index in [0.29, 0.717) is 48.6 Å². The molecule has 3 rings (SSSR count). The van der Waals surface area contributed by atoms with Gasteiger partial charge in [-0.05, 0) is 59.1 Å². The molecule has 1 fully saturated rings. The van der Waals surface area contributed by atoms with Gasteiger partial charge in [-0.25, -0.2) is 19.7 Å². The summed E-state index contributed by atoms with van der Waals surface area (Å²) in [5.41, 5.74) is 2.97. The average Bonchev–Trinajstić information content (AvgIpc) is 2.84. The summed E-state index contributed by atoms with van der Waals surface area (Å²) in [5, 5.41) is 21.2. The lowest BCUT2D eigenvalue weighted by atomic mass is 9.92. The van der Waals surface area contributed by atoms with Crippen LogP contribution in [0.5, 0.6) is 5.75 Å². The van der Waals surface area contributed by atoms with E-state index in [1.165, 1.54) is 25.3 Å². The van der Waals surface area contributed by atoms with E-state index in [1.54, 1.807) is 23.1 Å². The first-order valence-corrected chi connectivity index (χ1v) is 10.8. The minimum absolute atomic E-state index is 0.188. The summed E-state index contributed by atoms with van der Waals surface area (Å²) in [6.07, 6.45) is 0.771. The largest absolute Gasteiger partial charge is 0.495 e. The number of benzene rings is 2. The third-order valence-electron chi connectivity index (χ3n) is 5.21. The van der Waals surface area contributed by atoms with E-state index in [-0.39, 0.29) is 16.3 Å². The number of amidine groups is 1. The first kappa shape index (κ1) is 24.2. The van der Waals surface area contributed by atoms with Crippen molar-refractivity contribution in [1.82, 2.24) is 10.4 Å². The Bertz CT molecular complexity index is 1130. The fraction of sp³-hybridized carbons (Fsp3) is 0.273. The maximum Gasteiger partial charge on any atom is 0.321 e. The Hall–Kier alpha value is -3.49. The van der Waals surface area contributed by atoms with Gasteiger partial charge in [0.15, 0.2) is 5.84 Å². The molecular formula is C22H21BrFN5O4. The van der Waals surface area contributed by atoms with Crippen molar-refractivity contribution < 1.29 is 23.9 Å². The van der Waals surface area contributed by atoms with Crippen LogP contribution < -0.4 is 15.5 Å². The second kappa shape index (κ2) is 10.9. The van der Waals surface area contributed by atoms with Crippen LogP contribution in [-0.4, -0.2) is 48.0 Å². The summed E-state index contributed by atoms with van der Waals surface area (Å²) in [5.74, 6) is -1.19. The van der Waals surface area contributed by atoms with Gasteiger partial charge < -0.3 is 15.0 Å². The fourth-order valence-corrected chi connectivity index (χ4v) is 3.79. The average molecular weight is 518 g/mol. The van der Waals surface area contributed by atoms with Crippen molar-refractivity contribution >= 4 is 45.0 Å². The van der Waals surface area contributed by atoms with Gasteiger partial charge in [0.05, 0.1) is 22.8 Å². The van der Waals surface area contributed by atoms with Gasteiger partial charge in [-0.2, -0.15) is 5.26 Å². The number of rotatable bonds is 5. The molecule has 0 aromatic heterocycles. The van der Waals surface area contributed by atoms with Crippen LogP contribution in [-0.2, 0) is 4.79 Å². The van der Waals surface area contributed by atoms with E-state index >= 15 is 0 Å². The number of likely N-dealkylation sites (tertiary alicyclic amines) is 1. The van der Waals surface area contributed by atoms with Crippen molar-refractivity contribution in [2.24, 2.45) is 10.9 Å². The second-order valence-electron chi connectivity index (χ2n) is 7.25. The number of hydrogen-bond donors (Lipinski definition) is 3. The molecule has 172 valence electrons. The molecule has 0 spiro atoms. The molecule has 0 radical (unpaired) electrons. The molecule has 2 amide bonds. The highest BCUT2D eigenvalue weighted by Crippen LogP contribution is 2.25. The molecule has 0 saturated carbocycles. The first-order chi connectivity index (χ1) is 15.9. The summed E-state index contributed by atoms with van der Waals surface area (Å²) >= 11 is 3.05. The van der Waals surface area contributed by atoms with Crippen molar-refractivity contribution in [3.05, 3.63) is 52.3 Å². The third-order valence-corrected chi connectivity index (χ3v) is 5.82. The van der Waals surface area contributed by atoms with Gasteiger partial charge in [0.1, 0.15) is 17.6 Å². The Morgan fingerprint density at radius 3 is 2.61 bits per heavy atom. The second-order valence-corrected chi connectivity index (χ2v) is 8.11. The van der Waals surface area contributed by atoms with Crippen LogP contribution in [0.2, 0.25) is 0 Å². The van der Waals surface area contributed by atoms with Crippen LogP contribution in [0, 0.1) is 23.1 Å². The Morgan fingerprint density at radius 2 is 2.00 bits per heavy atom. The summed E-state index contributed by atoms with van der Waals surface area (Å²) in [6.45, 7) is 0.660. The van der Waals surface area contributed by atoms with Crippen LogP contribution in [0.15, 0.2) is 45.9 Å². The number of aliphatic imine (C=N–C) groups is 1. The van der Waals surface area contributed by atoms with E-state index in [9.17, 15) is 19.2 Å². The lowest BCUT2D eigenvalue weighted by Gasteiger charge is -2.31. The Kier molecular flexibility index (Phi) is 7.97. The molecule has 3 N–H and O–H groups in total. The van der Waals surface area contributed by atoms with Gasteiger partial charge in [0.2, 0.25) is 5.78 Å². The molecule has 0 atom stereocenters. The molecule has 1 aliphatic heterocycles. The minimum Gasteiger partial charge on any atom is -0.495 e. The molecule has 2 aromatic rings. The molecule has 0 unspecified atom stereocenters. The van der Waals surface area contributed by atoms with Crippen LogP contribution >= 0.6 is 15.9 Å². The number of hydrogen-bond acceptors (Lipinski definition) is 6. The van der Waals surface area contributed by atoms with Crippen molar-refractivity contribution in [3.63, 3.8) is 0 Å². The molecule has 0 bridgehead atoms. The highest BCUT2D eigenvalue weighted by Gasteiger charge is 2.30. The van der Waals surface area contributed by atoms with E-state index in [0.717, 1.165) is 0 Å². The number of ether oxygens (including phenoxy) is 1. The standard InChI is InChI=1S/C22H21BrFN5O4/c1-33-19-11-16(3-2-14(19)12-25)27-22(31)29-8-6-13(7-9-29)20(30)21(28-32)26-15-4-5-18(24)17(23)10-15/h2-5,10-11,13,32H,6-9H2,1H3,(H,26,28)(H,27,31). The number of halogens is 2. The van der Waals surface area contributed by atoms with Crippen LogP contribution in [0.25, 0.3) is 0 Å². The Labute approximate surface area is 197 Å². The molecule has 33 heavy (non-hydrogen) atoms. The number of carbonyl (C=O) groups is 2. The topological polar surface area (TPSA) is 127 Å². The monoisotopic (exact) mass is 517 g/mol. The van der Waals surface area contributed by atoms with Crippen LogP contribution in [0.1, 0.15) is 18.4 Å². The number of nitrogens with zero attached hydrogens (tertiary/aromatic N) is 3. The lowest BCUT2D eigenvalue weighted by Crippen LogP contribution is -2.44. The number of amides is 2. The van der Waals surface area contributed by atoms with Crippen molar-refractivity contribution in [3.8, 4) is 11.8 Å². The lowest BCUT2D eigenvalue weighted by molar-refractivity contribution is -0.118. The predicted octanol–water partition coefficient (Wildman–Crippen LogP) is 3.99. The number of methoxy groups -OCH3 is 1. The number of carbonyl (C=O) groups excluding carboxylic acids is 2. The van der Waals surface area contributed by atoms with Gasteiger partial charge >= 0.3 is 6.03 Å². The number of nitriles is 1. The highest BCUT2D eigenvalue weighted by molar-refractivity contribution is 9.10. The Morgan fingerprint density at radius 1 is 1.27 bits per heavy atom. The molecule has 1 saturated heterocycles. The zero-order valence-corrected chi connectivity index (χ0v) is 19.2. The maximum absolute atomic E-state index is 13.4. The van der Waals surface area contributed by atoms with Crippen molar-refractivity contribution in [2.75, 3.05) is 25.5 Å². The maximum atomic E-state index is 13.4. The summed E-state index contributed by atoms with van der Waals surface area (Å²) in [7, 11) is 1.44. The smallest absolute Gasteiger partial charge is 0.321 e. The van der Waals surface area contributed by atoms with Gasteiger partial charge in [0, 0.05) is 30.8 Å². The van der Waals surface area contributed by atoms with E-state index in [1.807, 2.05) is 11.5 Å². The van der Waals surface area contributed by atoms with Gasteiger partial charge in [0.25, 0.3) is 0 Å². The van der Waals surface area contributed by atoms with Gasteiger partial charge in [-0.15, -0.1) is 0 Å². The van der Waals surface area contributed by atoms with Crippen LogP contribution in [0.4, 0.5) is 20.6 Å². The number of piperidine rings is 1. The molecule has 0 aliphatic carbocycles. The number of anilines is 1. The number of urea groups is 1. The molecule has 2 aromatic carbocycles. The number of hydroxylamine groups is 1. The number of nitrogens with one attached hydrogen (secondary N) is 2. The quantitative estimate of drug-likeness (QED) is 0.312. The molecular weight excluding hydrogens is 497 g/mol. The highest BCUT2D eigenvalue weighted by atomic mass is 79.9. The molecule has 11 heteroatoms. The predicted molar refractivity (Wildman–Crippen MR) is 122 cm³/mol. The number of ketones is 1. The van der Waals surface area contributed by atoms with Crippen molar-refractivity contribution in [1.29, 1.82) is 5.26 Å². The molecule has 1 aliphatic rings. The SMILES string of the molecule is COc1cc(NC(=O)N2CCC(C(=O)C(=Nc3ccc(F)c(Br)c3)NO)CC2)ccc1C#N. The minimum atomic E-state index is -0.469. The summed E-state index contributed by atoms with van der Waals surface area (Å²) in [4.78, 5) is 31.0. The first-order valence-electron chi connectivity index (χ1n) is 9.98.